The van der Waals surface area contributed by atoms with Gasteiger partial charge in [0.05, 0.1) is 17.8 Å². The molecule has 2 aromatic carbocycles. The highest BCUT2D eigenvalue weighted by Crippen LogP contribution is 2.24. The van der Waals surface area contributed by atoms with Gasteiger partial charge < -0.3 is 15.8 Å². The van der Waals surface area contributed by atoms with Gasteiger partial charge in [0.15, 0.2) is 0 Å². The van der Waals surface area contributed by atoms with Crippen molar-refractivity contribution in [1.29, 1.82) is 0 Å². The van der Waals surface area contributed by atoms with Crippen molar-refractivity contribution in [2.24, 2.45) is 5.73 Å². The van der Waals surface area contributed by atoms with Crippen LogP contribution in [0, 0.1) is 5.82 Å². The van der Waals surface area contributed by atoms with Crippen LogP contribution in [0.3, 0.4) is 0 Å². The van der Waals surface area contributed by atoms with Gasteiger partial charge in [0.25, 0.3) is 5.91 Å². The van der Waals surface area contributed by atoms with Crippen molar-refractivity contribution in [3.05, 3.63) is 77.4 Å². The summed E-state index contributed by atoms with van der Waals surface area (Å²) in [5.41, 5.74) is 7.28. The normalized spacial score (nSPS) is 9.79. The number of carbonyl (C=O) groups is 1. The molecule has 6 nitrogen and oxygen atoms in total. The maximum absolute atomic E-state index is 14.0. The maximum Gasteiger partial charge on any atom is 0.254 e. The topological polar surface area (TPSA) is 93.0 Å². The number of nitrogens with one attached hydrogen (secondary N) is 2. The average Bonchev–Trinajstić information content (AvgIpc) is 3.17. The number of amides is 1. The molecule has 0 radical (unpaired) electrons. The Labute approximate surface area is 174 Å². The Morgan fingerprint density at radius 1 is 1.11 bits per heavy atom. The summed E-state index contributed by atoms with van der Waals surface area (Å²) in [4.78, 5) is 12.2. The number of halogens is 3. The first-order valence-electron chi connectivity index (χ1n) is 8.18. The zero-order valence-electron chi connectivity index (χ0n) is 14.9. The molecule has 0 saturated heterocycles. The van der Waals surface area contributed by atoms with Crippen LogP contribution in [0.5, 0.6) is 11.5 Å². The lowest BCUT2D eigenvalue weighted by Crippen LogP contribution is -2.24. The third-order valence-corrected chi connectivity index (χ3v) is 3.77. The minimum absolute atomic E-state index is 0. The second-order valence-electron chi connectivity index (χ2n) is 5.69. The van der Waals surface area contributed by atoms with E-state index in [-0.39, 0.29) is 36.9 Å². The van der Waals surface area contributed by atoms with E-state index in [0.29, 0.717) is 18.0 Å². The molecule has 0 aliphatic heterocycles. The summed E-state index contributed by atoms with van der Waals surface area (Å²) in [6.07, 6.45) is 2.37. The SMILES string of the molecule is Cl.Cl.NCCc1ccc(Oc2ccc(F)c(C(=O)NCc3ccn[nH]3)c2)cc1. The predicted molar refractivity (Wildman–Crippen MR) is 110 cm³/mol. The summed E-state index contributed by atoms with van der Waals surface area (Å²) in [6, 6.07) is 13.3. The van der Waals surface area contributed by atoms with Crippen LogP contribution in [0.1, 0.15) is 21.6 Å². The van der Waals surface area contributed by atoms with Crippen molar-refractivity contribution in [1.82, 2.24) is 15.5 Å². The van der Waals surface area contributed by atoms with E-state index in [2.05, 4.69) is 15.5 Å². The molecule has 3 aromatic rings. The highest BCUT2D eigenvalue weighted by Gasteiger charge is 2.13. The molecule has 0 atom stereocenters. The number of nitrogens with zero attached hydrogens (tertiary/aromatic N) is 1. The third kappa shape index (κ3) is 6.23. The smallest absolute Gasteiger partial charge is 0.254 e. The molecule has 150 valence electrons. The molecular weight excluding hydrogens is 406 g/mol. The van der Waals surface area contributed by atoms with Crippen LogP contribution < -0.4 is 15.8 Å². The second-order valence-corrected chi connectivity index (χ2v) is 5.69. The molecule has 4 N–H and O–H groups in total. The quantitative estimate of drug-likeness (QED) is 0.537. The number of aromatic amines is 1. The molecule has 3 rings (SSSR count). The van der Waals surface area contributed by atoms with E-state index in [1.165, 1.54) is 18.2 Å². The van der Waals surface area contributed by atoms with E-state index < -0.39 is 11.7 Å². The largest absolute Gasteiger partial charge is 0.457 e. The molecule has 0 aliphatic rings. The number of nitrogens with two attached hydrogens (primary N) is 1. The average molecular weight is 427 g/mol. The van der Waals surface area contributed by atoms with E-state index in [4.69, 9.17) is 10.5 Å². The molecular formula is C19H21Cl2FN4O2. The minimum Gasteiger partial charge on any atom is -0.457 e. The maximum atomic E-state index is 14.0. The number of hydrogen-bond donors (Lipinski definition) is 3. The fourth-order valence-corrected chi connectivity index (χ4v) is 2.42. The Morgan fingerprint density at radius 2 is 1.82 bits per heavy atom. The molecule has 0 bridgehead atoms. The Bertz CT molecular complexity index is 874. The standard InChI is InChI=1S/C19H19FN4O2.2ClH/c20-18-6-5-16(26-15-3-1-13(2-4-15)7-9-21)11-17(18)19(25)22-12-14-8-10-23-24-14;;/h1-6,8,10-11H,7,9,12,21H2,(H,22,25)(H,23,24);2*1H. The van der Waals surface area contributed by atoms with Crippen LogP contribution in [-0.2, 0) is 13.0 Å². The van der Waals surface area contributed by atoms with Crippen molar-refractivity contribution in [3.63, 3.8) is 0 Å². The zero-order valence-corrected chi connectivity index (χ0v) is 16.5. The number of aromatic nitrogens is 2. The van der Waals surface area contributed by atoms with Gasteiger partial charge in [-0.3, -0.25) is 9.89 Å². The van der Waals surface area contributed by atoms with E-state index in [0.717, 1.165) is 17.7 Å². The van der Waals surface area contributed by atoms with Gasteiger partial charge in [-0.25, -0.2) is 4.39 Å². The Morgan fingerprint density at radius 3 is 2.46 bits per heavy atom. The van der Waals surface area contributed by atoms with Gasteiger partial charge in [-0.15, -0.1) is 24.8 Å². The lowest BCUT2D eigenvalue weighted by atomic mass is 10.1. The van der Waals surface area contributed by atoms with Crippen LogP contribution >= 0.6 is 24.8 Å². The van der Waals surface area contributed by atoms with Crippen molar-refractivity contribution < 1.29 is 13.9 Å². The van der Waals surface area contributed by atoms with Crippen LogP contribution in [0.25, 0.3) is 0 Å². The number of benzene rings is 2. The Hall–Kier alpha value is -2.61. The minimum atomic E-state index is -0.613. The summed E-state index contributed by atoms with van der Waals surface area (Å²) in [6.45, 7) is 0.807. The molecule has 0 aliphatic carbocycles. The first kappa shape index (κ1) is 23.4. The number of hydrogen-bond acceptors (Lipinski definition) is 4. The fraction of sp³-hybridized carbons (Fsp3) is 0.158. The molecule has 9 heteroatoms. The van der Waals surface area contributed by atoms with E-state index in [9.17, 15) is 9.18 Å². The highest BCUT2D eigenvalue weighted by atomic mass is 35.5. The number of H-pyrrole nitrogens is 1. The Balaban J connectivity index is 0.00000196. The molecule has 0 fully saturated rings. The first-order chi connectivity index (χ1) is 12.7. The second kappa shape index (κ2) is 11.3. The van der Waals surface area contributed by atoms with Crippen LogP contribution in [0.2, 0.25) is 0 Å². The fourth-order valence-electron chi connectivity index (χ4n) is 2.42. The van der Waals surface area contributed by atoms with E-state index in [1.807, 2.05) is 24.3 Å². The summed E-state index contributed by atoms with van der Waals surface area (Å²) in [7, 11) is 0. The lowest BCUT2D eigenvalue weighted by Gasteiger charge is -2.10. The summed E-state index contributed by atoms with van der Waals surface area (Å²) in [5, 5.41) is 9.15. The van der Waals surface area contributed by atoms with E-state index in [1.54, 1.807) is 12.3 Å². The zero-order chi connectivity index (χ0) is 18.4. The Kier molecular flexibility index (Phi) is 9.44. The molecule has 1 aromatic heterocycles. The summed E-state index contributed by atoms with van der Waals surface area (Å²) in [5.74, 6) is -0.163. The van der Waals surface area contributed by atoms with Gasteiger partial charge in [-0.1, -0.05) is 12.1 Å². The molecule has 0 unspecified atom stereocenters. The first-order valence-corrected chi connectivity index (χ1v) is 8.18. The molecule has 1 amide bonds. The van der Waals surface area contributed by atoms with Crippen LogP contribution in [0.15, 0.2) is 54.7 Å². The van der Waals surface area contributed by atoms with Gasteiger partial charge in [0, 0.05) is 6.20 Å². The lowest BCUT2D eigenvalue weighted by molar-refractivity contribution is 0.0946. The molecule has 1 heterocycles. The number of ether oxygens (including phenoxy) is 1. The van der Waals surface area contributed by atoms with Crippen molar-refractivity contribution >= 4 is 30.7 Å². The number of carbonyl (C=O) groups excluding carboxylic acids is 1. The highest BCUT2D eigenvalue weighted by molar-refractivity contribution is 5.94. The van der Waals surface area contributed by atoms with Gasteiger partial charge >= 0.3 is 0 Å². The van der Waals surface area contributed by atoms with Crippen molar-refractivity contribution in [3.8, 4) is 11.5 Å². The van der Waals surface area contributed by atoms with Crippen molar-refractivity contribution in [2.45, 2.75) is 13.0 Å². The van der Waals surface area contributed by atoms with Crippen molar-refractivity contribution in [2.75, 3.05) is 6.54 Å². The van der Waals surface area contributed by atoms with Gasteiger partial charge in [0.2, 0.25) is 0 Å². The van der Waals surface area contributed by atoms with Crippen LogP contribution in [0.4, 0.5) is 4.39 Å². The van der Waals surface area contributed by atoms with E-state index >= 15 is 0 Å². The van der Waals surface area contributed by atoms with Crippen LogP contribution in [-0.4, -0.2) is 22.6 Å². The molecule has 0 spiro atoms. The molecule has 28 heavy (non-hydrogen) atoms. The van der Waals surface area contributed by atoms with Gasteiger partial charge in [0.1, 0.15) is 17.3 Å². The molecule has 0 saturated carbocycles. The number of rotatable bonds is 7. The summed E-state index contributed by atoms with van der Waals surface area (Å²) >= 11 is 0. The van der Waals surface area contributed by atoms with Gasteiger partial charge in [-0.2, -0.15) is 5.10 Å². The predicted octanol–water partition coefficient (Wildman–Crippen LogP) is 3.62. The summed E-state index contributed by atoms with van der Waals surface area (Å²) < 4.78 is 19.7. The monoisotopic (exact) mass is 426 g/mol. The third-order valence-electron chi connectivity index (χ3n) is 3.77. The van der Waals surface area contributed by atoms with Gasteiger partial charge in [-0.05, 0) is 54.9 Å².